The number of alkyl halides is 3. The fourth-order valence-electron chi connectivity index (χ4n) is 4.52. The lowest BCUT2D eigenvalue weighted by Gasteiger charge is -2.33. The van der Waals surface area contributed by atoms with Gasteiger partial charge in [0.1, 0.15) is 11.7 Å². The van der Waals surface area contributed by atoms with E-state index in [1.807, 2.05) is 12.1 Å². The Morgan fingerprint density at radius 1 is 1.18 bits per heavy atom. The maximum Gasteiger partial charge on any atom is 0.433 e. The van der Waals surface area contributed by atoms with Crippen LogP contribution in [0, 0.1) is 0 Å². The topological polar surface area (TPSA) is 77.6 Å². The zero-order valence-electron chi connectivity index (χ0n) is 19.2. The van der Waals surface area contributed by atoms with E-state index in [4.69, 9.17) is 0 Å². The highest BCUT2D eigenvalue weighted by molar-refractivity contribution is 6.01. The predicted molar refractivity (Wildman–Crippen MR) is 123 cm³/mol. The quantitative estimate of drug-likeness (QED) is 0.662. The van der Waals surface area contributed by atoms with E-state index in [1.54, 1.807) is 4.90 Å². The van der Waals surface area contributed by atoms with Crippen LogP contribution in [0.2, 0.25) is 0 Å². The molecule has 1 aliphatic heterocycles. The van der Waals surface area contributed by atoms with E-state index >= 15 is 0 Å². The predicted octanol–water partition coefficient (Wildman–Crippen LogP) is 4.01. The molecule has 1 unspecified atom stereocenters. The van der Waals surface area contributed by atoms with Crippen molar-refractivity contribution >= 4 is 23.3 Å². The second-order valence-electron chi connectivity index (χ2n) is 9.28. The van der Waals surface area contributed by atoms with Crippen LogP contribution >= 0.6 is 0 Å². The molecule has 1 atom stereocenters. The molecule has 0 radical (unpaired) electrons. The van der Waals surface area contributed by atoms with Crippen molar-refractivity contribution in [1.82, 2.24) is 15.2 Å². The number of pyridine rings is 1. The van der Waals surface area contributed by atoms with E-state index in [0.717, 1.165) is 43.4 Å². The average Bonchev–Trinajstić information content (AvgIpc) is 3.55. The third kappa shape index (κ3) is 5.32. The van der Waals surface area contributed by atoms with Gasteiger partial charge in [-0.15, -0.1) is 0 Å². The lowest BCUT2D eigenvalue weighted by molar-refractivity contribution is -0.141. The van der Waals surface area contributed by atoms with E-state index in [2.05, 4.69) is 46.7 Å². The number of carbonyl (C=O) groups is 2. The fourth-order valence-corrected chi connectivity index (χ4v) is 4.52. The van der Waals surface area contributed by atoms with Gasteiger partial charge in [-0.2, -0.15) is 13.2 Å². The number of anilines is 2. The minimum Gasteiger partial charge on any atom is -0.326 e. The Kier molecular flexibility index (Phi) is 6.53. The first-order valence-corrected chi connectivity index (χ1v) is 11.2. The molecule has 2 aliphatic rings. The number of hydrogen-bond acceptors (Lipinski definition) is 4. The van der Waals surface area contributed by atoms with Crippen LogP contribution in [0.4, 0.5) is 29.3 Å². The maximum absolute atomic E-state index is 13.0. The van der Waals surface area contributed by atoms with Crippen molar-refractivity contribution in [3.05, 3.63) is 53.9 Å². The molecule has 4 rings (SSSR count). The van der Waals surface area contributed by atoms with E-state index in [0.29, 0.717) is 19.4 Å². The molecule has 0 spiro atoms. The summed E-state index contributed by atoms with van der Waals surface area (Å²) >= 11 is 0. The molecule has 1 aliphatic carbocycles. The number of benzene rings is 1. The lowest BCUT2D eigenvalue weighted by atomic mass is 9.95. The lowest BCUT2D eigenvalue weighted by Crippen LogP contribution is -2.53. The first-order chi connectivity index (χ1) is 16.1. The zero-order valence-corrected chi connectivity index (χ0v) is 19.2. The third-order valence-corrected chi connectivity index (χ3v) is 6.32. The van der Waals surface area contributed by atoms with Crippen molar-refractivity contribution < 1.29 is 22.8 Å². The number of aromatic nitrogens is 1. The Bertz CT molecular complexity index is 1030. The molecule has 1 saturated heterocycles. The highest BCUT2D eigenvalue weighted by Crippen LogP contribution is 2.48. The summed E-state index contributed by atoms with van der Waals surface area (Å²) in [5.74, 6) is -0.214. The first-order valence-electron chi connectivity index (χ1n) is 11.2. The van der Waals surface area contributed by atoms with Crippen LogP contribution in [0.15, 0.2) is 42.6 Å². The van der Waals surface area contributed by atoms with Gasteiger partial charge in [-0.1, -0.05) is 12.1 Å². The van der Waals surface area contributed by atoms with Gasteiger partial charge < -0.3 is 20.4 Å². The summed E-state index contributed by atoms with van der Waals surface area (Å²) in [6, 6.07) is 8.60. The van der Waals surface area contributed by atoms with Crippen molar-refractivity contribution in [2.45, 2.75) is 43.3 Å². The smallest absolute Gasteiger partial charge is 0.326 e. The molecule has 7 nitrogen and oxygen atoms in total. The van der Waals surface area contributed by atoms with Crippen LogP contribution in [0.3, 0.4) is 0 Å². The SMILES string of the molecule is CN(C)CC1(c2ccc(N3CCCC(NC(=O)Nc4ccc(C(F)(F)F)nc4)C3=O)cc2)CC1. The molecule has 182 valence electrons. The van der Waals surface area contributed by atoms with Gasteiger partial charge >= 0.3 is 12.2 Å². The molecule has 1 saturated carbocycles. The van der Waals surface area contributed by atoms with Gasteiger partial charge in [0.2, 0.25) is 5.91 Å². The normalized spacial score (nSPS) is 19.8. The molecule has 34 heavy (non-hydrogen) atoms. The summed E-state index contributed by atoms with van der Waals surface area (Å²) in [5.41, 5.74) is 1.32. The Morgan fingerprint density at radius 3 is 2.44 bits per heavy atom. The van der Waals surface area contributed by atoms with Crippen molar-refractivity contribution in [2.75, 3.05) is 37.4 Å². The molecule has 2 aromatic rings. The summed E-state index contributed by atoms with van der Waals surface area (Å²) in [5, 5.41) is 5.07. The summed E-state index contributed by atoms with van der Waals surface area (Å²) in [6.07, 6.45) is -0.112. The molecular weight excluding hydrogens is 447 g/mol. The monoisotopic (exact) mass is 475 g/mol. The number of carbonyl (C=O) groups excluding carboxylic acids is 2. The summed E-state index contributed by atoms with van der Waals surface area (Å²) in [6.45, 7) is 1.55. The Hall–Kier alpha value is -3.14. The molecule has 2 fully saturated rings. The second-order valence-corrected chi connectivity index (χ2v) is 9.28. The Labute approximate surface area is 196 Å². The summed E-state index contributed by atoms with van der Waals surface area (Å²) in [4.78, 5) is 32.6. The number of hydrogen-bond donors (Lipinski definition) is 2. The van der Waals surface area contributed by atoms with Gasteiger partial charge in [-0.05, 0) is 69.6 Å². The molecule has 0 bridgehead atoms. The molecule has 3 amide bonds. The Balaban J connectivity index is 1.37. The van der Waals surface area contributed by atoms with Crippen molar-refractivity contribution in [3.63, 3.8) is 0 Å². The van der Waals surface area contributed by atoms with Crippen LogP contribution in [-0.4, -0.2) is 55.0 Å². The van der Waals surface area contributed by atoms with Gasteiger partial charge in [-0.25, -0.2) is 9.78 Å². The average molecular weight is 476 g/mol. The molecule has 1 aromatic carbocycles. The molecular formula is C24H28F3N5O2. The van der Waals surface area contributed by atoms with Gasteiger partial charge in [-0.3, -0.25) is 4.79 Å². The van der Waals surface area contributed by atoms with Crippen molar-refractivity contribution in [1.29, 1.82) is 0 Å². The largest absolute Gasteiger partial charge is 0.433 e. The number of nitrogens with zero attached hydrogens (tertiary/aromatic N) is 3. The van der Waals surface area contributed by atoms with E-state index in [9.17, 15) is 22.8 Å². The zero-order chi connectivity index (χ0) is 24.5. The molecule has 2 heterocycles. The van der Waals surface area contributed by atoms with Gasteiger partial charge in [0.05, 0.1) is 11.9 Å². The summed E-state index contributed by atoms with van der Waals surface area (Å²) in [7, 11) is 4.14. The number of nitrogens with one attached hydrogen (secondary N) is 2. The summed E-state index contributed by atoms with van der Waals surface area (Å²) < 4.78 is 37.9. The molecule has 2 N–H and O–H groups in total. The molecule has 1 aromatic heterocycles. The van der Waals surface area contributed by atoms with Crippen molar-refractivity contribution in [3.8, 4) is 0 Å². The Morgan fingerprint density at radius 2 is 1.88 bits per heavy atom. The third-order valence-electron chi connectivity index (χ3n) is 6.32. The number of halogens is 3. The standard InChI is InChI=1S/C24H28F3N5O2/c1-31(2)15-23(11-12-23)16-5-8-18(9-6-16)32-13-3-4-19(21(32)33)30-22(34)29-17-7-10-20(28-14-17)24(25,26)27/h5-10,14,19H,3-4,11-13,15H2,1-2H3,(H2,29,30,34). The number of likely N-dealkylation sites (N-methyl/N-ethyl adjacent to an activating group) is 1. The van der Waals surface area contributed by atoms with Crippen LogP contribution in [0.5, 0.6) is 0 Å². The van der Waals surface area contributed by atoms with Gasteiger partial charge in [0.15, 0.2) is 0 Å². The number of urea groups is 1. The van der Waals surface area contributed by atoms with Crippen LogP contribution in [0.1, 0.15) is 36.9 Å². The first kappa shape index (κ1) is 24.0. The highest BCUT2D eigenvalue weighted by Gasteiger charge is 2.44. The number of amides is 3. The van der Waals surface area contributed by atoms with Crippen molar-refractivity contribution in [2.24, 2.45) is 0 Å². The maximum atomic E-state index is 13.0. The minimum atomic E-state index is -4.55. The molecule has 10 heteroatoms. The van der Waals surface area contributed by atoms with E-state index in [-0.39, 0.29) is 17.0 Å². The van der Waals surface area contributed by atoms with E-state index < -0.39 is 23.9 Å². The van der Waals surface area contributed by atoms with Crippen LogP contribution in [-0.2, 0) is 16.4 Å². The fraction of sp³-hybridized carbons (Fsp3) is 0.458. The minimum absolute atomic E-state index is 0.105. The van der Waals surface area contributed by atoms with E-state index in [1.165, 1.54) is 5.56 Å². The number of piperidine rings is 1. The van der Waals surface area contributed by atoms with Crippen LogP contribution < -0.4 is 15.5 Å². The number of rotatable bonds is 6. The van der Waals surface area contributed by atoms with Gasteiger partial charge in [0, 0.05) is 24.2 Å². The van der Waals surface area contributed by atoms with Crippen LogP contribution in [0.25, 0.3) is 0 Å². The second kappa shape index (κ2) is 9.25. The van der Waals surface area contributed by atoms with Gasteiger partial charge in [0.25, 0.3) is 0 Å². The highest BCUT2D eigenvalue weighted by atomic mass is 19.4.